The molecular weight excluding hydrogens is 509 g/mol. The van der Waals surface area contributed by atoms with Gasteiger partial charge in [0.1, 0.15) is 0 Å². The third-order valence-corrected chi connectivity index (χ3v) is 11.0. The SMILES string of the molecule is C/C(=C\CC(C#N)COP(N(C(C)C)C(C)C)N(C(C)C)C(C)C)CCCC(C)CCCC(C)CCCC(C)C. The van der Waals surface area contributed by atoms with E-state index in [1.807, 2.05) is 0 Å². The summed E-state index contributed by atoms with van der Waals surface area (Å²) in [5.74, 6) is 2.42. The second-order valence-corrected chi connectivity index (χ2v) is 15.8. The molecule has 3 atom stereocenters. The van der Waals surface area contributed by atoms with Crippen LogP contribution < -0.4 is 0 Å². The Labute approximate surface area is 253 Å². The van der Waals surface area contributed by atoms with E-state index in [1.165, 1.54) is 56.9 Å². The van der Waals surface area contributed by atoms with E-state index in [9.17, 15) is 5.26 Å². The molecule has 5 heteroatoms. The highest BCUT2D eigenvalue weighted by Gasteiger charge is 2.34. The van der Waals surface area contributed by atoms with Crippen molar-refractivity contribution in [2.24, 2.45) is 23.7 Å². The molecule has 0 rings (SSSR count). The summed E-state index contributed by atoms with van der Waals surface area (Å²) in [6.45, 7) is 30.3. The van der Waals surface area contributed by atoms with E-state index in [2.05, 4.69) is 111 Å². The van der Waals surface area contributed by atoms with E-state index in [-0.39, 0.29) is 5.92 Å². The fraction of sp³-hybridized carbons (Fsp3) is 0.914. The molecule has 236 valence electrons. The molecule has 0 spiro atoms. The molecule has 0 aliphatic carbocycles. The van der Waals surface area contributed by atoms with Crippen LogP contribution in [0.15, 0.2) is 11.6 Å². The molecule has 0 aliphatic heterocycles. The monoisotopic (exact) mass is 580 g/mol. The van der Waals surface area contributed by atoms with E-state index in [1.54, 1.807) is 0 Å². The molecule has 3 unspecified atom stereocenters. The lowest BCUT2D eigenvalue weighted by Crippen LogP contribution is -2.43. The number of rotatable bonds is 23. The minimum atomic E-state index is -0.947. The van der Waals surface area contributed by atoms with Gasteiger partial charge in [-0.3, -0.25) is 0 Å². The quantitative estimate of drug-likeness (QED) is 0.0891. The summed E-state index contributed by atoms with van der Waals surface area (Å²) < 4.78 is 11.7. The van der Waals surface area contributed by atoms with Gasteiger partial charge in [0.25, 0.3) is 0 Å². The molecule has 0 heterocycles. The summed E-state index contributed by atoms with van der Waals surface area (Å²) in [6, 6.07) is 4.07. The Bertz CT molecular complexity index is 661. The molecule has 0 fully saturated rings. The van der Waals surface area contributed by atoms with Gasteiger partial charge in [0, 0.05) is 24.2 Å². The molecule has 0 saturated heterocycles. The van der Waals surface area contributed by atoms with Gasteiger partial charge in [0.05, 0.1) is 18.6 Å². The van der Waals surface area contributed by atoms with E-state index < -0.39 is 8.45 Å². The van der Waals surface area contributed by atoms with Crippen LogP contribution in [-0.2, 0) is 4.52 Å². The van der Waals surface area contributed by atoms with E-state index in [0.29, 0.717) is 30.8 Å². The summed E-state index contributed by atoms with van der Waals surface area (Å²) in [5.41, 5.74) is 1.42. The Hall–Kier alpha value is -0.460. The molecule has 0 radical (unpaired) electrons. The van der Waals surface area contributed by atoms with Crippen molar-refractivity contribution in [3.05, 3.63) is 11.6 Å². The van der Waals surface area contributed by atoms with Crippen LogP contribution in [0, 0.1) is 35.0 Å². The summed E-state index contributed by atoms with van der Waals surface area (Å²) in [5, 5.41) is 9.93. The van der Waals surface area contributed by atoms with Crippen LogP contribution >= 0.6 is 8.45 Å². The highest BCUT2D eigenvalue weighted by Crippen LogP contribution is 2.51. The molecule has 0 amide bonds. The maximum absolute atomic E-state index is 9.93. The molecule has 0 aromatic heterocycles. The second kappa shape index (κ2) is 22.1. The molecule has 0 aromatic carbocycles. The normalized spacial score (nSPS) is 15.4. The summed E-state index contributed by atoms with van der Waals surface area (Å²) in [6.07, 6.45) is 15.1. The highest BCUT2D eigenvalue weighted by molar-refractivity contribution is 7.47. The molecule has 0 N–H and O–H groups in total. The summed E-state index contributed by atoms with van der Waals surface area (Å²) in [7, 11) is -0.947. The van der Waals surface area contributed by atoms with Crippen LogP contribution in [-0.4, -0.2) is 40.1 Å². The maximum atomic E-state index is 9.93. The van der Waals surface area contributed by atoms with E-state index in [0.717, 1.165) is 30.6 Å². The van der Waals surface area contributed by atoms with Crippen molar-refractivity contribution in [2.45, 2.75) is 178 Å². The average molecular weight is 580 g/mol. The Morgan fingerprint density at radius 1 is 0.700 bits per heavy atom. The third-order valence-electron chi connectivity index (χ3n) is 7.98. The summed E-state index contributed by atoms with van der Waals surface area (Å²) >= 11 is 0. The standard InChI is InChI=1S/C35H70N3OP/c1-27(2)17-14-18-32(11)19-15-20-33(12)21-16-22-34(13)23-24-35(25-36)26-39-40(37(28(3)4)29(5)6)38(30(7)8)31(9)10/h23,27-33,35H,14-22,24,26H2,1-13H3/b34-23+. The van der Waals surface area contributed by atoms with Gasteiger partial charge in [-0.1, -0.05) is 84.3 Å². The molecule has 4 nitrogen and oxygen atoms in total. The fourth-order valence-corrected chi connectivity index (χ4v) is 8.10. The molecule has 40 heavy (non-hydrogen) atoms. The maximum Gasteiger partial charge on any atom is 0.188 e. The van der Waals surface area contributed by atoms with Gasteiger partial charge >= 0.3 is 0 Å². The first-order valence-corrected chi connectivity index (χ1v) is 17.9. The highest BCUT2D eigenvalue weighted by atomic mass is 31.2. The lowest BCUT2D eigenvalue weighted by Gasteiger charge is -2.45. The van der Waals surface area contributed by atoms with Crippen LogP contribution in [0.2, 0.25) is 0 Å². The number of allylic oxidation sites excluding steroid dienone is 2. The van der Waals surface area contributed by atoms with Gasteiger partial charge in [0.15, 0.2) is 8.45 Å². The van der Waals surface area contributed by atoms with Gasteiger partial charge < -0.3 is 4.52 Å². The number of nitriles is 1. The number of hydrogen-bond donors (Lipinski definition) is 0. The molecular formula is C35H70N3OP. The van der Waals surface area contributed by atoms with Gasteiger partial charge in [-0.25, -0.2) is 9.34 Å². The van der Waals surface area contributed by atoms with Crippen LogP contribution in [0.4, 0.5) is 0 Å². The second-order valence-electron chi connectivity index (χ2n) is 14.2. The molecule has 0 bridgehead atoms. The largest absolute Gasteiger partial charge is 0.330 e. The van der Waals surface area contributed by atoms with Crippen molar-refractivity contribution in [1.82, 2.24) is 9.34 Å². The zero-order valence-electron chi connectivity index (χ0n) is 29.2. The van der Waals surface area contributed by atoms with E-state index >= 15 is 0 Å². The van der Waals surface area contributed by atoms with Crippen LogP contribution in [0.3, 0.4) is 0 Å². The van der Waals surface area contributed by atoms with Crippen LogP contribution in [0.25, 0.3) is 0 Å². The number of hydrogen-bond acceptors (Lipinski definition) is 4. The Balaban J connectivity index is 4.73. The zero-order chi connectivity index (χ0) is 30.8. The van der Waals surface area contributed by atoms with Gasteiger partial charge in [-0.15, -0.1) is 0 Å². The van der Waals surface area contributed by atoms with Crippen LogP contribution in [0.5, 0.6) is 0 Å². The van der Waals surface area contributed by atoms with Crippen molar-refractivity contribution < 1.29 is 4.52 Å². The van der Waals surface area contributed by atoms with Gasteiger partial charge in [-0.2, -0.15) is 5.26 Å². The molecule has 0 aromatic rings. The predicted molar refractivity (Wildman–Crippen MR) is 179 cm³/mol. The smallest absolute Gasteiger partial charge is 0.188 e. The fourth-order valence-electron chi connectivity index (χ4n) is 5.70. The molecule has 0 saturated carbocycles. The first-order chi connectivity index (χ1) is 18.7. The van der Waals surface area contributed by atoms with Crippen LogP contribution in [0.1, 0.15) is 154 Å². The Morgan fingerprint density at radius 2 is 1.12 bits per heavy atom. The minimum Gasteiger partial charge on any atom is -0.330 e. The number of nitrogens with zero attached hydrogens (tertiary/aromatic N) is 3. The first-order valence-electron chi connectivity index (χ1n) is 16.8. The zero-order valence-corrected chi connectivity index (χ0v) is 30.1. The van der Waals surface area contributed by atoms with Crippen molar-refractivity contribution in [3.63, 3.8) is 0 Å². The lowest BCUT2D eigenvalue weighted by molar-refractivity contribution is 0.177. The van der Waals surface area contributed by atoms with E-state index in [4.69, 9.17) is 4.52 Å². The first kappa shape index (κ1) is 39.5. The third kappa shape index (κ3) is 17.5. The Kier molecular flexibility index (Phi) is 21.9. The van der Waals surface area contributed by atoms with Gasteiger partial charge in [-0.05, 0) is 99.3 Å². The minimum absolute atomic E-state index is 0.108. The average Bonchev–Trinajstić information content (AvgIpc) is 2.82. The topological polar surface area (TPSA) is 39.5 Å². The predicted octanol–water partition coefficient (Wildman–Crippen LogP) is 11.4. The van der Waals surface area contributed by atoms with Crippen molar-refractivity contribution >= 4 is 8.45 Å². The lowest BCUT2D eigenvalue weighted by atomic mass is 9.91. The van der Waals surface area contributed by atoms with Crippen molar-refractivity contribution in [3.8, 4) is 6.07 Å². The molecule has 0 aliphatic rings. The van der Waals surface area contributed by atoms with Crippen molar-refractivity contribution in [2.75, 3.05) is 6.61 Å². The Morgan fingerprint density at radius 3 is 1.52 bits per heavy atom. The van der Waals surface area contributed by atoms with Crippen molar-refractivity contribution in [1.29, 1.82) is 5.26 Å². The van der Waals surface area contributed by atoms with Gasteiger partial charge in [0.2, 0.25) is 0 Å². The summed E-state index contributed by atoms with van der Waals surface area (Å²) in [4.78, 5) is 0.